The first-order valence-corrected chi connectivity index (χ1v) is 5.38. The highest BCUT2D eigenvalue weighted by atomic mass is 14.9. The lowest BCUT2D eigenvalue weighted by molar-refractivity contribution is 0.831. The molecule has 0 aliphatic carbocycles. The van der Waals surface area contributed by atoms with Crippen LogP contribution in [0.1, 0.15) is 31.7 Å². The Balaban J connectivity index is 2.69. The molecule has 15 heavy (non-hydrogen) atoms. The quantitative estimate of drug-likeness (QED) is 0.572. The van der Waals surface area contributed by atoms with Gasteiger partial charge in [-0.05, 0) is 24.1 Å². The summed E-state index contributed by atoms with van der Waals surface area (Å²) in [7, 11) is 0. The van der Waals surface area contributed by atoms with Gasteiger partial charge in [0.05, 0.1) is 11.5 Å². The van der Waals surface area contributed by atoms with Crippen molar-refractivity contribution in [2.75, 3.05) is 0 Å². The standard InChI is InChI=1S/C12H19N3/c1-2-3-7-12(14)15-11-6-4-5-10(8-11)9-13/h4-6,8H,2-3,7,9,13H2,1H3,(H2,14,15). The number of nitrogens with zero attached hydrogens (tertiary/aromatic N) is 1. The third kappa shape index (κ3) is 4.13. The number of aliphatic imine (C=N–C) groups is 1. The average Bonchev–Trinajstić information content (AvgIpc) is 2.26. The first kappa shape index (κ1) is 11.7. The summed E-state index contributed by atoms with van der Waals surface area (Å²) in [5.74, 6) is 0.700. The van der Waals surface area contributed by atoms with Gasteiger partial charge in [-0.15, -0.1) is 0 Å². The molecule has 3 heteroatoms. The van der Waals surface area contributed by atoms with Crippen LogP contribution in [0.15, 0.2) is 29.3 Å². The normalized spacial score (nSPS) is 11.7. The second-order valence-electron chi connectivity index (χ2n) is 3.58. The molecule has 3 nitrogen and oxygen atoms in total. The predicted octanol–water partition coefficient (Wildman–Crippen LogP) is 2.32. The third-order valence-corrected chi connectivity index (χ3v) is 2.21. The van der Waals surface area contributed by atoms with Crippen LogP contribution in [0.3, 0.4) is 0 Å². The fourth-order valence-electron chi connectivity index (χ4n) is 1.33. The zero-order valence-electron chi connectivity index (χ0n) is 9.24. The molecule has 0 heterocycles. The van der Waals surface area contributed by atoms with Crippen molar-refractivity contribution >= 4 is 11.5 Å². The first-order chi connectivity index (χ1) is 7.26. The van der Waals surface area contributed by atoms with Crippen molar-refractivity contribution in [3.63, 3.8) is 0 Å². The van der Waals surface area contributed by atoms with Gasteiger partial charge in [0.15, 0.2) is 0 Å². The zero-order chi connectivity index (χ0) is 11.1. The molecule has 0 saturated carbocycles. The van der Waals surface area contributed by atoms with Gasteiger partial charge in [0.2, 0.25) is 0 Å². The van der Waals surface area contributed by atoms with E-state index in [1.807, 2.05) is 24.3 Å². The molecule has 1 rings (SSSR count). The van der Waals surface area contributed by atoms with Crippen molar-refractivity contribution in [3.05, 3.63) is 29.8 Å². The molecule has 0 spiro atoms. The fourth-order valence-corrected chi connectivity index (χ4v) is 1.33. The van der Waals surface area contributed by atoms with E-state index in [0.29, 0.717) is 12.4 Å². The molecule has 0 aliphatic heterocycles. The highest BCUT2D eigenvalue weighted by Gasteiger charge is 1.95. The van der Waals surface area contributed by atoms with Gasteiger partial charge < -0.3 is 11.5 Å². The number of unbranched alkanes of at least 4 members (excludes halogenated alkanes) is 1. The minimum atomic E-state index is 0.540. The Morgan fingerprint density at radius 3 is 2.87 bits per heavy atom. The van der Waals surface area contributed by atoms with Crippen LogP contribution in [-0.2, 0) is 6.54 Å². The van der Waals surface area contributed by atoms with Crippen molar-refractivity contribution in [2.45, 2.75) is 32.7 Å². The van der Waals surface area contributed by atoms with Crippen LogP contribution in [-0.4, -0.2) is 5.84 Å². The van der Waals surface area contributed by atoms with Crippen LogP contribution in [0.25, 0.3) is 0 Å². The van der Waals surface area contributed by atoms with Gasteiger partial charge >= 0.3 is 0 Å². The molecular weight excluding hydrogens is 186 g/mol. The van der Waals surface area contributed by atoms with Crippen molar-refractivity contribution in [1.29, 1.82) is 0 Å². The van der Waals surface area contributed by atoms with Crippen molar-refractivity contribution in [3.8, 4) is 0 Å². The van der Waals surface area contributed by atoms with Gasteiger partial charge in [0, 0.05) is 13.0 Å². The molecule has 0 bridgehead atoms. The van der Waals surface area contributed by atoms with E-state index < -0.39 is 0 Å². The predicted molar refractivity (Wildman–Crippen MR) is 65.1 cm³/mol. The molecule has 1 aromatic rings. The van der Waals surface area contributed by atoms with Gasteiger partial charge in [0.25, 0.3) is 0 Å². The van der Waals surface area contributed by atoms with Crippen LogP contribution in [0.4, 0.5) is 5.69 Å². The van der Waals surface area contributed by atoms with Crippen LogP contribution in [0, 0.1) is 0 Å². The summed E-state index contributed by atoms with van der Waals surface area (Å²) < 4.78 is 0. The number of nitrogens with two attached hydrogens (primary N) is 2. The molecule has 1 aromatic carbocycles. The minimum absolute atomic E-state index is 0.540. The van der Waals surface area contributed by atoms with E-state index in [4.69, 9.17) is 11.5 Å². The van der Waals surface area contributed by atoms with Crippen molar-refractivity contribution in [1.82, 2.24) is 0 Å². The molecule has 0 aliphatic rings. The molecule has 0 amide bonds. The van der Waals surface area contributed by atoms with E-state index in [-0.39, 0.29) is 0 Å². The molecule has 0 unspecified atom stereocenters. The maximum Gasteiger partial charge on any atom is 0.0996 e. The number of rotatable bonds is 5. The summed E-state index contributed by atoms with van der Waals surface area (Å²) in [6, 6.07) is 7.85. The molecule has 82 valence electrons. The summed E-state index contributed by atoms with van der Waals surface area (Å²) in [6.07, 6.45) is 3.09. The lowest BCUT2D eigenvalue weighted by Crippen LogP contribution is -2.10. The number of amidine groups is 1. The maximum atomic E-state index is 5.80. The van der Waals surface area contributed by atoms with Crippen LogP contribution < -0.4 is 11.5 Å². The third-order valence-electron chi connectivity index (χ3n) is 2.21. The summed E-state index contributed by atoms with van der Waals surface area (Å²) in [5.41, 5.74) is 13.3. The van der Waals surface area contributed by atoms with E-state index in [1.165, 1.54) is 0 Å². The summed E-state index contributed by atoms with van der Waals surface area (Å²) in [5, 5.41) is 0. The summed E-state index contributed by atoms with van der Waals surface area (Å²) >= 11 is 0. The Morgan fingerprint density at radius 1 is 1.40 bits per heavy atom. The van der Waals surface area contributed by atoms with E-state index in [9.17, 15) is 0 Å². The lowest BCUT2D eigenvalue weighted by atomic mass is 10.2. The van der Waals surface area contributed by atoms with Crippen LogP contribution in [0.5, 0.6) is 0 Å². The van der Waals surface area contributed by atoms with Crippen LogP contribution in [0.2, 0.25) is 0 Å². The number of hydrogen-bond acceptors (Lipinski definition) is 2. The number of hydrogen-bond donors (Lipinski definition) is 2. The lowest BCUT2D eigenvalue weighted by Gasteiger charge is -2.01. The summed E-state index contributed by atoms with van der Waals surface area (Å²) in [4.78, 5) is 4.34. The molecule has 0 saturated heterocycles. The smallest absolute Gasteiger partial charge is 0.0996 e. The monoisotopic (exact) mass is 205 g/mol. The molecule has 4 N–H and O–H groups in total. The Hall–Kier alpha value is -1.35. The van der Waals surface area contributed by atoms with E-state index in [0.717, 1.165) is 30.5 Å². The molecule has 0 atom stereocenters. The Bertz CT molecular complexity index is 331. The SMILES string of the molecule is CCCCC(N)=Nc1cccc(CN)c1. The van der Waals surface area contributed by atoms with Gasteiger partial charge in [-0.1, -0.05) is 25.5 Å². The Kier molecular flexibility index (Phi) is 4.84. The minimum Gasteiger partial charge on any atom is -0.387 e. The molecular formula is C12H19N3. The Morgan fingerprint density at radius 2 is 2.20 bits per heavy atom. The summed E-state index contributed by atoms with van der Waals surface area (Å²) in [6.45, 7) is 2.68. The fraction of sp³-hybridized carbons (Fsp3) is 0.417. The van der Waals surface area contributed by atoms with Gasteiger partial charge in [-0.2, -0.15) is 0 Å². The first-order valence-electron chi connectivity index (χ1n) is 5.38. The zero-order valence-corrected chi connectivity index (χ0v) is 9.24. The number of benzene rings is 1. The second-order valence-corrected chi connectivity index (χ2v) is 3.58. The molecule has 0 radical (unpaired) electrons. The second kappa shape index (κ2) is 6.19. The topological polar surface area (TPSA) is 64.4 Å². The van der Waals surface area contributed by atoms with E-state index >= 15 is 0 Å². The van der Waals surface area contributed by atoms with Gasteiger partial charge in [-0.3, -0.25) is 0 Å². The highest BCUT2D eigenvalue weighted by molar-refractivity contribution is 5.83. The Labute approximate surface area is 91.2 Å². The molecule has 0 aromatic heterocycles. The van der Waals surface area contributed by atoms with Gasteiger partial charge in [0.1, 0.15) is 0 Å². The van der Waals surface area contributed by atoms with Crippen molar-refractivity contribution in [2.24, 2.45) is 16.5 Å². The largest absolute Gasteiger partial charge is 0.387 e. The maximum absolute atomic E-state index is 5.80. The van der Waals surface area contributed by atoms with Gasteiger partial charge in [-0.25, -0.2) is 4.99 Å². The highest BCUT2D eigenvalue weighted by Crippen LogP contribution is 2.14. The van der Waals surface area contributed by atoms with Crippen molar-refractivity contribution < 1.29 is 0 Å². The van der Waals surface area contributed by atoms with E-state index in [1.54, 1.807) is 0 Å². The van der Waals surface area contributed by atoms with E-state index in [2.05, 4.69) is 11.9 Å². The van der Waals surface area contributed by atoms with Crippen LogP contribution >= 0.6 is 0 Å². The average molecular weight is 205 g/mol. The molecule has 0 fully saturated rings.